The fourth-order valence-corrected chi connectivity index (χ4v) is 4.02. The van der Waals surface area contributed by atoms with Crippen LogP contribution in [-0.4, -0.2) is 47.5 Å². The van der Waals surface area contributed by atoms with E-state index in [1.165, 1.54) is 12.2 Å². The zero-order valence-corrected chi connectivity index (χ0v) is 12.5. The second-order valence-electron chi connectivity index (χ2n) is 6.06. The van der Waals surface area contributed by atoms with Gasteiger partial charge in [0.2, 0.25) is 24.3 Å². The molecule has 4 unspecified atom stereocenters. The lowest BCUT2D eigenvalue weighted by Crippen LogP contribution is -2.53. The molecule has 8 heteroatoms. The lowest BCUT2D eigenvalue weighted by atomic mass is 9.66. The summed E-state index contributed by atoms with van der Waals surface area (Å²) in [5.41, 5.74) is -1.96. The fraction of sp³-hybridized carbons (Fsp3) is 0.733. The summed E-state index contributed by atoms with van der Waals surface area (Å²) < 4.78 is 0. The minimum atomic E-state index is -0.984. The molecule has 0 aromatic carbocycles. The molecular weight excluding hydrogens is 300 g/mol. The smallest absolute Gasteiger partial charge is 0.211 e. The average molecular weight is 316 g/mol. The van der Waals surface area contributed by atoms with E-state index in [0.717, 1.165) is 0 Å². The van der Waals surface area contributed by atoms with Crippen LogP contribution in [-0.2, 0) is 19.2 Å². The van der Waals surface area contributed by atoms with Crippen LogP contribution >= 0.6 is 0 Å². The summed E-state index contributed by atoms with van der Waals surface area (Å²) >= 11 is 0. The summed E-state index contributed by atoms with van der Waals surface area (Å²) in [5, 5.41) is 0. The first-order valence-electron chi connectivity index (χ1n) is 7.47. The minimum absolute atomic E-state index is 0.306. The van der Waals surface area contributed by atoms with Gasteiger partial charge in [0.15, 0.2) is 0 Å². The van der Waals surface area contributed by atoms with Gasteiger partial charge in [-0.25, -0.2) is 29.2 Å². The Balaban J connectivity index is 2.47. The van der Waals surface area contributed by atoms with Gasteiger partial charge in [0.05, 0.1) is 12.1 Å². The molecule has 23 heavy (non-hydrogen) atoms. The molecule has 0 aliphatic heterocycles. The minimum Gasteiger partial charge on any atom is -0.211 e. The van der Waals surface area contributed by atoms with Crippen molar-refractivity contribution in [2.45, 2.75) is 68.1 Å². The van der Waals surface area contributed by atoms with Gasteiger partial charge in [0.25, 0.3) is 0 Å². The lowest BCUT2D eigenvalue weighted by Gasteiger charge is -2.45. The first kappa shape index (κ1) is 16.9. The Bertz CT molecular complexity index is 654. The largest absolute Gasteiger partial charge is 0.235 e. The van der Waals surface area contributed by atoms with Crippen LogP contribution in [0.3, 0.4) is 0 Å². The highest BCUT2D eigenvalue weighted by Gasteiger charge is 2.57. The molecule has 0 amide bonds. The van der Waals surface area contributed by atoms with Gasteiger partial charge in [-0.15, -0.1) is 0 Å². The molecule has 0 bridgehead atoms. The summed E-state index contributed by atoms with van der Waals surface area (Å²) in [7, 11) is 0. The van der Waals surface area contributed by atoms with Gasteiger partial charge < -0.3 is 0 Å². The third-order valence-corrected chi connectivity index (χ3v) is 5.02. The normalized spacial score (nSPS) is 35.8. The topological polar surface area (TPSA) is 118 Å². The molecule has 8 nitrogen and oxygen atoms in total. The molecular formula is C15H16N4O4. The summed E-state index contributed by atoms with van der Waals surface area (Å²) in [6.07, 6.45) is 9.71. The molecule has 4 atom stereocenters. The molecule has 0 radical (unpaired) electrons. The summed E-state index contributed by atoms with van der Waals surface area (Å²) in [5.74, 6) is 0. The highest BCUT2D eigenvalue weighted by molar-refractivity contribution is 5.42. The van der Waals surface area contributed by atoms with Crippen molar-refractivity contribution in [2.24, 2.45) is 20.0 Å². The first-order valence-corrected chi connectivity index (χ1v) is 7.47. The van der Waals surface area contributed by atoms with Crippen LogP contribution in [0.25, 0.3) is 0 Å². The van der Waals surface area contributed by atoms with Gasteiger partial charge in [-0.3, -0.25) is 0 Å². The van der Waals surface area contributed by atoms with Crippen molar-refractivity contribution in [1.29, 1.82) is 0 Å². The molecule has 0 spiro atoms. The van der Waals surface area contributed by atoms with Crippen molar-refractivity contribution in [3.05, 3.63) is 0 Å². The van der Waals surface area contributed by atoms with Crippen LogP contribution < -0.4 is 0 Å². The number of isocyanates is 4. The van der Waals surface area contributed by atoms with Gasteiger partial charge in [-0.05, 0) is 44.9 Å². The third kappa shape index (κ3) is 3.16. The number of carbonyl (C=O) groups excluding carboxylic acids is 4. The van der Waals surface area contributed by atoms with Crippen LogP contribution in [0.15, 0.2) is 20.0 Å². The van der Waals surface area contributed by atoms with Crippen molar-refractivity contribution in [3.63, 3.8) is 0 Å². The van der Waals surface area contributed by atoms with Gasteiger partial charge >= 0.3 is 0 Å². The summed E-state index contributed by atoms with van der Waals surface area (Å²) in [6.45, 7) is 0. The predicted octanol–water partition coefficient (Wildman–Crippen LogP) is 1.30. The number of aliphatic imine (C=N–C) groups is 4. The zero-order valence-electron chi connectivity index (χ0n) is 12.5. The van der Waals surface area contributed by atoms with E-state index in [-0.39, 0.29) is 12.1 Å². The average Bonchev–Trinajstić information content (AvgIpc) is 2.94. The molecule has 0 heterocycles. The maximum Gasteiger partial charge on any atom is 0.235 e. The second kappa shape index (κ2) is 7.19. The monoisotopic (exact) mass is 316 g/mol. The van der Waals surface area contributed by atoms with Gasteiger partial charge in [0, 0.05) is 0 Å². The van der Waals surface area contributed by atoms with Gasteiger partial charge in [0.1, 0.15) is 11.1 Å². The predicted molar refractivity (Wildman–Crippen MR) is 77.8 cm³/mol. The van der Waals surface area contributed by atoms with Crippen molar-refractivity contribution < 1.29 is 19.2 Å². The van der Waals surface area contributed by atoms with E-state index < -0.39 is 11.1 Å². The molecule has 0 aromatic rings. The van der Waals surface area contributed by atoms with Crippen LogP contribution in [0.1, 0.15) is 44.9 Å². The maximum atomic E-state index is 11.0. The number of rotatable bonds is 5. The van der Waals surface area contributed by atoms with Crippen LogP contribution in [0.2, 0.25) is 0 Å². The van der Waals surface area contributed by atoms with Gasteiger partial charge in [-0.2, -0.15) is 9.98 Å². The number of nitrogens with zero attached hydrogens (tertiary/aromatic N) is 4. The Morgan fingerprint density at radius 2 is 1.22 bits per heavy atom. The molecule has 0 saturated heterocycles. The third-order valence-electron chi connectivity index (χ3n) is 5.02. The molecule has 0 N–H and O–H groups in total. The van der Waals surface area contributed by atoms with E-state index in [1.54, 1.807) is 12.2 Å². The highest BCUT2D eigenvalue weighted by Crippen LogP contribution is 2.51. The molecule has 2 fully saturated rings. The van der Waals surface area contributed by atoms with Crippen molar-refractivity contribution in [2.75, 3.05) is 0 Å². The van der Waals surface area contributed by atoms with Crippen LogP contribution in [0.4, 0.5) is 0 Å². The maximum absolute atomic E-state index is 11.0. The second-order valence-corrected chi connectivity index (χ2v) is 6.06. The first-order chi connectivity index (χ1) is 11.1. The van der Waals surface area contributed by atoms with E-state index >= 15 is 0 Å². The van der Waals surface area contributed by atoms with E-state index in [1.807, 2.05) is 0 Å². The Hall–Kier alpha value is -2.48. The standard InChI is InChI=1S/C15H16N4O4/c20-8-16-12-2-1-4-14(6-12,18-10-22)15(19-11-23)5-3-13(7-15)17-9-21/h12-13H,1-7H2. The van der Waals surface area contributed by atoms with Gasteiger partial charge in [-0.1, -0.05) is 0 Å². The van der Waals surface area contributed by atoms with E-state index in [9.17, 15) is 19.2 Å². The Morgan fingerprint density at radius 3 is 1.74 bits per heavy atom. The summed E-state index contributed by atoms with van der Waals surface area (Å²) in [4.78, 5) is 58.6. The quantitative estimate of drug-likeness (QED) is 0.561. The Morgan fingerprint density at radius 1 is 0.696 bits per heavy atom. The van der Waals surface area contributed by atoms with Crippen molar-refractivity contribution in [3.8, 4) is 0 Å². The highest BCUT2D eigenvalue weighted by atomic mass is 16.1. The van der Waals surface area contributed by atoms with Crippen LogP contribution in [0.5, 0.6) is 0 Å². The van der Waals surface area contributed by atoms with Crippen molar-refractivity contribution >= 4 is 24.3 Å². The molecule has 120 valence electrons. The van der Waals surface area contributed by atoms with Crippen LogP contribution in [0, 0.1) is 0 Å². The molecule has 2 rings (SSSR count). The Kier molecular flexibility index (Phi) is 5.28. The lowest BCUT2D eigenvalue weighted by molar-refractivity contribution is 0.153. The zero-order chi connectivity index (χ0) is 16.8. The molecule has 2 aliphatic carbocycles. The molecule has 0 aromatic heterocycles. The molecule has 2 aliphatic rings. The molecule has 2 saturated carbocycles. The van der Waals surface area contributed by atoms with E-state index in [2.05, 4.69) is 20.0 Å². The Labute approximate surface area is 132 Å². The SMILES string of the molecule is O=C=NC1CCCC(N=C=O)(C2(N=C=O)CCC(N=C=O)C2)C1. The number of hydrogen-bond donors (Lipinski definition) is 0. The fourth-order valence-electron chi connectivity index (χ4n) is 4.02. The van der Waals surface area contributed by atoms with E-state index in [4.69, 9.17) is 0 Å². The number of hydrogen-bond acceptors (Lipinski definition) is 8. The van der Waals surface area contributed by atoms with E-state index in [0.29, 0.717) is 44.9 Å². The summed E-state index contributed by atoms with van der Waals surface area (Å²) in [6, 6.07) is -0.649. The van der Waals surface area contributed by atoms with Crippen molar-refractivity contribution in [1.82, 2.24) is 0 Å².